The van der Waals surface area contributed by atoms with E-state index in [1.165, 1.54) is 0 Å². The van der Waals surface area contributed by atoms with Crippen LogP contribution in [0.4, 0.5) is 0 Å². The summed E-state index contributed by atoms with van der Waals surface area (Å²) in [4.78, 5) is 11.9. The van der Waals surface area contributed by atoms with Gasteiger partial charge in [0.25, 0.3) is 0 Å². The third-order valence-corrected chi connectivity index (χ3v) is 4.26. The number of carbonyl (C=O) groups excluding carboxylic acids is 1. The predicted molar refractivity (Wildman–Crippen MR) is 80.3 cm³/mol. The van der Waals surface area contributed by atoms with E-state index < -0.39 is 9.84 Å². The van der Waals surface area contributed by atoms with Crippen molar-refractivity contribution >= 4 is 42.3 Å². The molecule has 0 saturated heterocycles. The summed E-state index contributed by atoms with van der Waals surface area (Å²) >= 11 is 3.39. The minimum Gasteiger partial charge on any atom is -0.294 e. The standard InChI is InChI=1S/C14H13BrO3S/c1-19(17,18)7-6-14(16)12-3-2-11-9-13(15)5-4-10(11)8-12/h2-5,8-9H,6-7H2,1H3. The lowest BCUT2D eigenvalue weighted by atomic mass is 10.0. The van der Waals surface area contributed by atoms with Crippen LogP contribution in [0.15, 0.2) is 40.9 Å². The van der Waals surface area contributed by atoms with Crippen LogP contribution in [0.3, 0.4) is 0 Å². The minimum absolute atomic E-state index is 0.0286. The maximum absolute atomic E-state index is 11.9. The van der Waals surface area contributed by atoms with Crippen molar-refractivity contribution in [2.24, 2.45) is 0 Å². The highest BCUT2D eigenvalue weighted by atomic mass is 79.9. The molecular formula is C14H13BrO3S. The number of fused-ring (bicyclic) bond motifs is 1. The van der Waals surface area contributed by atoms with Gasteiger partial charge in [0.2, 0.25) is 0 Å². The maximum atomic E-state index is 11.9. The SMILES string of the molecule is CS(=O)(=O)CCC(=O)c1ccc2cc(Br)ccc2c1. The van der Waals surface area contributed by atoms with Gasteiger partial charge in [-0.15, -0.1) is 0 Å². The fraction of sp³-hybridized carbons (Fsp3) is 0.214. The number of halogens is 1. The summed E-state index contributed by atoms with van der Waals surface area (Å²) in [5, 5.41) is 2.00. The number of carbonyl (C=O) groups is 1. The van der Waals surface area contributed by atoms with Gasteiger partial charge >= 0.3 is 0 Å². The van der Waals surface area contributed by atoms with Crippen molar-refractivity contribution in [3.8, 4) is 0 Å². The van der Waals surface area contributed by atoms with Crippen LogP contribution in [0.25, 0.3) is 10.8 Å². The van der Waals surface area contributed by atoms with Crippen molar-refractivity contribution in [3.63, 3.8) is 0 Å². The molecule has 0 aromatic heterocycles. The number of sulfone groups is 1. The van der Waals surface area contributed by atoms with E-state index in [0.29, 0.717) is 5.56 Å². The summed E-state index contributed by atoms with van der Waals surface area (Å²) in [6, 6.07) is 11.2. The van der Waals surface area contributed by atoms with Gasteiger partial charge in [0.15, 0.2) is 5.78 Å². The van der Waals surface area contributed by atoms with Crippen LogP contribution in [0, 0.1) is 0 Å². The third-order valence-electron chi connectivity index (χ3n) is 2.82. The van der Waals surface area contributed by atoms with Crippen molar-refractivity contribution in [2.45, 2.75) is 6.42 Å². The first-order valence-corrected chi connectivity index (χ1v) is 8.61. The van der Waals surface area contributed by atoms with E-state index in [0.717, 1.165) is 21.5 Å². The van der Waals surface area contributed by atoms with Gasteiger partial charge in [0.05, 0.1) is 5.75 Å². The summed E-state index contributed by atoms with van der Waals surface area (Å²) in [5.74, 6) is -0.250. The summed E-state index contributed by atoms with van der Waals surface area (Å²) < 4.78 is 23.1. The Kier molecular flexibility index (Phi) is 4.06. The Morgan fingerprint density at radius 1 is 1.11 bits per heavy atom. The van der Waals surface area contributed by atoms with Gasteiger partial charge in [-0.1, -0.05) is 34.1 Å². The second kappa shape index (κ2) is 5.43. The number of Topliss-reactive ketones (excluding diaryl/α,β-unsaturated/α-hetero) is 1. The largest absolute Gasteiger partial charge is 0.294 e. The fourth-order valence-corrected chi connectivity index (χ4v) is 2.75. The first-order chi connectivity index (χ1) is 8.85. The van der Waals surface area contributed by atoms with Gasteiger partial charge in [-0.05, 0) is 29.0 Å². The smallest absolute Gasteiger partial charge is 0.163 e. The number of hydrogen-bond donors (Lipinski definition) is 0. The number of benzene rings is 2. The zero-order chi connectivity index (χ0) is 14.0. The molecule has 0 aliphatic heterocycles. The molecule has 5 heteroatoms. The summed E-state index contributed by atoms with van der Waals surface area (Å²) in [6.45, 7) is 0. The number of ketones is 1. The van der Waals surface area contributed by atoms with Crippen LogP contribution in [-0.2, 0) is 9.84 Å². The Bertz CT molecular complexity index is 735. The van der Waals surface area contributed by atoms with Crippen molar-refractivity contribution in [1.82, 2.24) is 0 Å². The van der Waals surface area contributed by atoms with Gasteiger partial charge in [-0.3, -0.25) is 4.79 Å². The predicted octanol–water partition coefficient (Wildman–Crippen LogP) is 3.22. The topological polar surface area (TPSA) is 51.2 Å². The maximum Gasteiger partial charge on any atom is 0.163 e. The van der Waals surface area contributed by atoms with E-state index in [2.05, 4.69) is 15.9 Å². The molecule has 100 valence electrons. The molecule has 19 heavy (non-hydrogen) atoms. The van der Waals surface area contributed by atoms with E-state index in [9.17, 15) is 13.2 Å². The molecule has 0 saturated carbocycles. The highest BCUT2D eigenvalue weighted by Crippen LogP contribution is 2.21. The van der Waals surface area contributed by atoms with Gasteiger partial charge in [0.1, 0.15) is 9.84 Å². The van der Waals surface area contributed by atoms with Gasteiger partial charge in [0, 0.05) is 22.7 Å². The lowest BCUT2D eigenvalue weighted by Gasteiger charge is -2.03. The molecule has 0 fully saturated rings. The quantitative estimate of drug-likeness (QED) is 0.803. The summed E-state index contributed by atoms with van der Waals surface area (Å²) in [6.07, 6.45) is 1.17. The number of hydrogen-bond acceptors (Lipinski definition) is 3. The molecule has 2 rings (SSSR count). The lowest BCUT2D eigenvalue weighted by Crippen LogP contribution is -2.09. The first kappa shape index (κ1) is 14.2. The van der Waals surface area contributed by atoms with Crippen molar-refractivity contribution in [2.75, 3.05) is 12.0 Å². The zero-order valence-corrected chi connectivity index (χ0v) is 12.8. The Morgan fingerprint density at radius 2 is 1.74 bits per heavy atom. The van der Waals surface area contributed by atoms with E-state index in [1.54, 1.807) is 12.1 Å². The van der Waals surface area contributed by atoms with Crippen molar-refractivity contribution in [3.05, 3.63) is 46.4 Å². The Hall–Kier alpha value is -1.20. The zero-order valence-electron chi connectivity index (χ0n) is 10.4. The molecule has 0 radical (unpaired) electrons. The highest BCUT2D eigenvalue weighted by molar-refractivity contribution is 9.10. The van der Waals surface area contributed by atoms with E-state index in [4.69, 9.17) is 0 Å². The lowest BCUT2D eigenvalue weighted by molar-refractivity contribution is 0.0989. The molecule has 0 unspecified atom stereocenters. The molecule has 3 nitrogen and oxygen atoms in total. The average Bonchev–Trinajstić information content (AvgIpc) is 2.34. The van der Waals surface area contributed by atoms with Crippen molar-refractivity contribution in [1.29, 1.82) is 0 Å². The van der Waals surface area contributed by atoms with Gasteiger partial charge in [-0.25, -0.2) is 8.42 Å². The summed E-state index contributed by atoms with van der Waals surface area (Å²) in [7, 11) is -3.10. The highest BCUT2D eigenvalue weighted by Gasteiger charge is 2.10. The molecule has 0 amide bonds. The van der Waals surface area contributed by atoms with Crippen LogP contribution in [-0.4, -0.2) is 26.2 Å². The Morgan fingerprint density at radius 3 is 2.42 bits per heavy atom. The Labute approximate surface area is 120 Å². The summed E-state index contributed by atoms with van der Waals surface area (Å²) in [5.41, 5.74) is 0.554. The van der Waals surface area contributed by atoms with Crippen molar-refractivity contribution < 1.29 is 13.2 Å². The van der Waals surface area contributed by atoms with Crippen LogP contribution in [0.1, 0.15) is 16.8 Å². The normalized spacial score (nSPS) is 11.7. The van der Waals surface area contributed by atoms with Gasteiger partial charge < -0.3 is 0 Å². The molecule has 2 aromatic carbocycles. The minimum atomic E-state index is -3.10. The fourth-order valence-electron chi connectivity index (χ4n) is 1.81. The number of rotatable bonds is 4. The van der Waals surface area contributed by atoms with Crippen LogP contribution in [0.2, 0.25) is 0 Å². The second-order valence-electron chi connectivity index (χ2n) is 4.51. The average molecular weight is 341 g/mol. The van der Waals surface area contributed by atoms with Crippen LogP contribution < -0.4 is 0 Å². The third kappa shape index (κ3) is 3.88. The molecular weight excluding hydrogens is 328 g/mol. The molecule has 0 aliphatic carbocycles. The molecule has 0 bridgehead atoms. The Balaban J connectivity index is 2.26. The first-order valence-electron chi connectivity index (χ1n) is 5.75. The van der Waals surface area contributed by atoms with Crippen LogP contribution in [0.5, 0.6) is 0 Å². The monoisotopic (exact) mass is 340 g/mol. The van der Waals surface area contributed by atoms with E-state index in [1.807, 2.05) is 24.3 Å². The molecule has 0 heterocycles. The molecule has 0 spiro atoms. The van der Waals surface area contributed by atoms with E-state index in [-0.39, 0.29) is 18.0 Å². The van der Waals surface area contributed by atoms with Crippen LogP contribution >= 0.6 is 15.9 Å². The molecule has 0 atom stereocenters. The molecule has 0 aliphatic rings. The second-order valence-corrected chi connectivity index (χ2v) is 7.68. The molecule has 0 N–H and O–H groups in total. The van der Waals surface area contributed by atoms with E-state index >= 15 is 0 Å². The molecule has 2 aromatic rings. The van der Waals surface area contributed by atoms with Gasteiger partial charge in [-0.2, -0.15) is 0 Å².